The third-order valence-corrected chi connectivity index (χ3v) is 6.52. The quantitative estimate of drug-likeness (QED) is 0.728. The van der Waals surface area contributed by atoms with Gasteiger partial charge in [0.25, 0.3) is 0 Å². The molecule has 1 N–H and O–H groups in total. The van der Waals surface area contributed by atoms with Crippen molar-refractivity contribution in [2.75, 3.05) is 52.4 Å². The van der Waals surface area contributed by atoms with Gasteiger partial charge in [-0.15, -0.1) is 0 Å². The fourth-order valence-corrected chi connectivity index (χ4v) is 4.41. The highest BCUT2D eigenvalue weighted by molar-refractivity contribution is 5.75. The molecule has 0 saturated carbocycles. The van der Waals surface area contributed by atoms with E-state index in [-0.39, 0.29) is 12.1 Å². The minimum Gasteiger partial charge on any atom is -0.338 e. The van der Waals surface area contributed by atoms with Gasteiger partial charge in [0.1, 0.15) is 0 Å². The minimum absolute atomic E-state index is 0.109. The largest absolute Gasteiger partial charge is 0.338 e. The number of unbranched alkanes of at least 4 members (excludes halogenated alkanes) is 1. The van der Waals surface area contributed by atoms with Crippen LogP contribution in [0.3, 0.4) is 0 Å². The van der Waals surface area contributed by atoms with Crippen LogP contribution in [0.25, 0.3) is 0 Å². The lowest BCUT2D eigenvalue weighted by molar-refractivity contribution is 0.135. The molecule has 5 heteroatoms. The van der Waals surface area contributed by atoms with Crippen molar-refractivity contribution >= 4 is 6.03 Å². The molecule has 1 unspecified atom stereocenters. The molecule has 2 heterocycles. The van der Waals surface area contributed by atoms with Crippen LogP contribution in [0.4, 0.5) is 4.79 Å². The second-order valence-electron chi connectivity index (χ2n) is 8.41. The maximum atomic E-state index is 12.7. The highest BCUT2D eigenvalue weighted by Gasteiger charge is 2.29. The number of aryl methyl sites for hydroxylation is 2. The van der Waals surface area contributed by atoms with Crippen LogP contribution in [0.15, 0.2) is 18.2 Å². The summed E-state index contributed by atoms with van der Waals surface area (Å²) < 4.78 is 0. The number of carbonyl (C=O) groups is 1. The third kappa shape index (κ3) is 5.48. The normalized spacial score (nSPS) is 21.2. The highest BCUT2D eigenvalue weighted by Crippen LogP contribution is 2.32. The van der Waals surface area contributed by atoms with Gasteiger partial charge in [0, 0.05) is 39.3 Å². The first-order chi connectivity index (χ1) is 13.6. The molecular formula is C23H38N4O. The predicted octanol–water partition coefficient (Wildman–Crippen LogP) is 3.57. The summed E-state index contributed by atoms with van der Waals surface area (Å²) in [5.41, 5.74) is 3.90. The van der Waals surface area contributed by atoms with E-state index >= 15 is 0 Å². The van der Waals surface area contributed by atoms with E-state index in [1.165, 1.54) is 49.4 Å². The van der Waals surface area contributed by atoms with Crippen molar-refractivity contribution in [3.05, 3.63) is 34.9 Å². The number of nitrogens with one attached hydrogen (secondary N) is 1. The molecule has 1 atom stereocenters. The lowest BCUT2D eigenvalue weighted by Crippen LogP contribution is -2.46. The first kappa shape index (κ1) is 21.1. The molecule has 0 aromatic heterocycles. The molecule has 0 aliphatic carbocycles. The Morgan fingerprint density at radius 2 is 1.79 bits per heavy atom. The van der Waals surface area contributed by atoms with Crippen LogP contribution in [-0.2, 0) is 0 Å². The third-order valence-electron chi connectivity index (χ3n) is 6.52. The summed E-state index contributed by atoms with van der Waals surface area (Å²) in [6, 6.07) is 6.96. The zero-order valence-corrected chi connectivity index (χ0v) is 18.0. The Balaban J connectivity index is 1.38. The van der Waals surface area contributed by atoms with E-state index in [0.717, 1.165) is 45.3 Å². The molecule has 2 amide bonds. The van der Waals surface area contributed by atoms with Crippen LogP contribution in [0, 0.1) is 13.8 Å². The Kier molecular flexibility index (Phi) is 7.74. The van der Waals surface area contributed by atoms with Crippen LogP contribution in [-0.4, -0.2) is 73.1 Å². The Morgan fingerprint density at radius 1 is 1.04 bits per heavy atom. The number of rotatable bonds is 7. The van der Waals surface area contributed by atoms with Crippen LogP contribution in [0.1, 0.15) is 55.3 Å². The molecule has 2 saturated heterocycles. The van der Waals surface area contributed by atoms with Gasteiger partial charge in [-0.3, -0.25) is 0 Å². The van der Waals surface area contributed by atoms with E-state index in [0.29, 0.717) is 0 Å². The lowest BCUT2D eigenvalue weighted by Gasteiger charge is -2.34. The molecule has 2 aliphatic rings. The van der Waals surface area contributed by atoms with Gasteiger partial charge >= 0.3 is 6.03 Å². The van der Waals surface area contributed by atoms with Crippen molar-refractivity contribution in [1.29, 1.82) is 0 Å². The summed E-state index contributed by atoms with van der Waals surface area (Å²) in [5.74, 6) is 0. The minimum atomic E-state index is 0.109. The standard InChI is InChI=1S/C23H38N4O/c1-4-25-14-16-26(17-15-25)12-6-5-11-24-23(28)27-13-7-8-22(27)21-10-9-19(2)20(3)18-21/h9-10,18,22H,4-8,11-17H2,1-3H3,(H,24,28). The maximum absolute atomic E-state index is 12.7. The lowest BCUT2D eigenvalue weighted by atomic mass is 9.99. The number of urea groups is 1. The summed E-state index contributed by atoms with van der Waals surface area (Å²) in [6.07, 6.45) is 4.38. The molecule has 156 valence electrons. The number of likely N-dealkylation sites (tertiary alicyclic amines) is 1. The van der Waals surface area contributed by atoms with E-state index in [1.54, 1.807) is 0 Å². The summed E-state index contributed by atoms with van der Waals surface area (Å²) in [6.45, 7) is 15.3. The highest BCUT2D eigenvalue weighted by atomic mass is 16.2. The van der Waals surface area contributed by atoms with Crippen LogP contribution < -0.4 is 5.32 Å². The van der Waals surface area contributed by atoms with Crippen LogP contribution >= 0.6 is 0 Å². The number of likely N-dealkylation sites (N-methyl/N-ethyl adjacent to an activating group) is 1. The van der Waals surface area contributed by atoms with E-state index in [2.05, 4.69) is 54.1 Å². The molecule has 0 spiro atoms. The summed E-state index contributed by atoms with van der Waals surface area (Å²) >= 11 is 0. The van der Waals surface area contributed by atoms with Crippen molar-refractivity contribution in [2.45, 2.75) is 52.5 Å². The van der Waals surface area contributed by atoms with Gasteiger partial charge in [-0.05, 0) is 69.3 Å². The SMILES string of the molecule is CCN1CCN(CCCCNC(=O)N2CCCC2c2ccc(C)c(C)c2)CC1. The first-order valence-corrected chi connectivity index (χ1v) is 11.1. The molecular weight excluding hydrogens is 348 g/mol. The summed E-state index contributed by atoms with van der Waals surface area (Å²) in [5, 5.41) is 3.16. The molecule has 2 aliphatic heterocycles. The number of nitrogens with zero attached hydrogens (tertiary/aromatic N) is 3. The van der Waals surface area contributed by atoms with Gasteiger partial charge in [0.2, 0.25) is 0 Å². The van der Waals surface area contributed by atoms with Gasteiger partial charge in [0.05, 0.1) is 6.04 Å². The molecule has 1 aromatic rings. The summed E-state index contributed by atoms with van der Waals surface area (Å²) in [4.78, 5) is 19.8. The van der Waals surface area contributed by atoms with Crippen LogP contribution in [0.5, 0.6) is 0 Å². The van der Waals surface area contributed by atoms with Crippen molar-refractivity contribution in [3.8, 4) is 0 Å². The van der Waals surface area contributed by atoms with E-state index in [1.807, 2.05) is 4.90 Å². The van der Waals surface area contributed by atoms with E-state index in [9.17, 15) is 4.79 Å². The van der Waals surface area contributed by atoms with Gasteiger partial charge in [-0.2, -0.15) is 0 Å². The van der Waals surface area contributed by atoms with Crippen LogP contribution in [0.2, 0.25) is 0 Å². The van der Waals surface area contributed by atoms with Gasteiger partial charge in [-0.1, -0.05) is 25.1 Å². The fourth-order valence-electron chi connectivity index (χ4n) is 4.41. The average Bonchev–Trinajstić information content (AvgIpc) is 3.20. The molecule has 2 fully saturated rings. The Bertz CT molecular complexity index is 639. The maximum Gasteiger partial charge on any atom is 0.317 e. The van der Waals surface area contributed by atoms with Gasteiger partial charge < -0.3 is 20.0 Å². The van der Waals surface area contributed by atoms with Crippen molar-refractivity contribution in [3.63, 3.8) is 0 Å². The second kappa shape index (κ2) is 10.3. The first-order valence-electron chi connectivity index (χ1n) is 11.1. The predicted molar refractivity (Wildman–Crippen MR) is 116 cm³/mol. The Hall–Kier alpha value is -1.59. The van der Waals surface area contributed by atoms with E-state index < -0.39 is 0 Å². The monoisotopic (exact) mass is 386 g/mol. The fraction of sp³-hybridized carbons (Fsp3) is 0.696. The number of hydrogen-bond donors (Lipinski definition) is 1. The molecule has 1 aromatic carbocycles. The second-order valence-corrected chi connectivity index (χ2v) is 8.41. The van der Waals surface area contributed by atoms with Crippen molar-refractivity contribution in [2.24, 2.45) is 0 Å². The van der Waals surface area contributed by atoms with Gasteiger partial charge in [-0.25, -0.2) is 4.79 Å². The Labute approximate surface area is 171 Å². The summed E-state index contributed by atoms with van der Waals surface area (Å²) in [7, 11) is 0. The molecule has 5 nitrogen and oxygen atoms in total. The van der Waals surface area contributed by atoms with Crippen molar-refractivity contribution < 1.29 is 4.79 Å². The molecule has 0 bridgehead atoms. The van der Waals surface area contributed by atoms with Crippen molar-refractivity contribution in [1.82, 2.24) is 20.0 Å². The van der Waals surface area contributed by atoms with Gasteiger partial charge in [0.15, 0.2) is 0 Å². The number of hydrogen-bond acceptors (Lipinski definition) is 3. The van der Waals surface area contributed by atoms with E-state index in [4.69, 9.17) is 0 Å². The zero-order valence-electron chi connectivity index (χ0n) is 18.0. The smallest absolute Gasteiger partial charge is 0.317 e. The molecule has 3 rings (SSSR count). The zero-order chi connectivity index (χ0) is 19.9. The number of piperazine rings is 1. The molecule has 28 heavy (non-hydrogen) atoms. The average molecular weight is 387 g/mol. The number of carbonyl (C=O) groups excluding carboxylic acids is 1. The topological polar surface area (TPSA) is 38.8 Å². The number of benzene rings is 1. The molecule has 0 radical (unpaired) electrons. The Morgan fingerprint density at radius 3 is 2.50 bits per heavy atom. The number of amides is 2.